The first-order valence-corrected chi connectivity index (χ1v) is 4.17. The molecule has 0 fully saturated rings. The Morgan fingerprint density at radius 2 is 2.25 bits per heavy atom. The van der Waals surface area contributed by atoms with E-state index >= 15 is 0 Å². The fourth-order valence-corrected chi connectivity index (χ4v) is 1.28. The Labute approximate surface area is 77.8 Å². The van der Waals surface area contributed by atoms with Crippen molar-refractivity contribution >= 4 is 11.6 Å². The van der Waals surface area contributed by atoms with Gasteiger partial charge in [0, 0.05) is 11.1 Å². The summed E-state index contributed by atoms with van der Waals surface area (Å²) in [6.45, 7) is 5.65. The molecule has 0 spiro atoms. The SMILES string of the molecule is C=CC(N)c1cc(Cl)ccc1C. The number of hydrogen-bond donors (Lipinski definition) is 1. The Bertz CT molecular complexity index is 294. The Morgan fingerprint density at radius 1 is 1.58 bits per heavy atom. The van der Waals surface area contributed by atoms with Gasteiger partial charge in [0.05, 0.1) is 0 Å². The second-order valence-electron chi connectivity index (χ2n) is 2.76. The second kappa shape index (κ2) is 3.74. The zero-order valence-corrected chi connectivity index (χ0v) is 7.81. The highest BCUT2D eigenvalue weighted by molar-refractivity contribution is 6.30. The molecule has 0 saturated carbocycles. The first kappa shape index (κ1) is 9.30. The van der Waals surface area contributed by atoms with Crippen LogP contribution in [-0.2, 0) is 0 Å². The molecule has 2 N–H and O–H groups in total. The predicted molar refractivity (Wildman–Crippen MR) is 53.3 cm³/mol. The van der Waals surface area contributed by atoms with Crippen molar-refractivity contribution in [2.45, 2.75) is 13.0 Å². The van der Waals surface area contributed by atoms with E-state index in [2.05, 4.69) is 6.58 Å². The lowest BCUT2D eigenvalue weighted by molar-refractivity contribution is 0.902. The maximum atomic E-state index is 5.83. The molecule has 0 radical (unpaired) electrons. The molecule has 0 saturated heterocycles. The average Bonchev–Trinajstić information content (AvgIpc) is 2.08. The number of hydrogen-bond acceptors (Lipinski definition) is 1. The van der Waals surface area contributed by atoms with Crippen molar-refractivity contribution < 1.29 is 0 Å². The summed E-state index contributed by atoms with van der Waals surface area (Å²) in [6, 6.07) is 5.57. The molecule has 1 rings (SSSR count). The number of benzene rings is 1. The zero-order chi connectivity index (χ0) is 9.14. The molecule has 1 aromatic rings. The monoisotopic (exact) mass is 181 g/mol. The first-order chi connectivity index (χ1) is 5.65. The molecule has 1 aromatic carbocycles. The van der Waals surface area contributed by atoms with E-state index in [1.54, 1.807) is 6.08 Å². The maximum Gasteiger partial charge on any atom is 0.0481 e. The van der Waals surface area contributed by atoms with Gasteiger partial charge in [0.2, 0.25) is 0 Å². The third-order valence-electron chi connectivity index (χ3n) is 1.85. The topological polar surface area (TPSA) is 26.0 Å². The summed E-state index contributed by atoms with van der Waals surface area (Å²) in [6.07, 6.45) is 1.71. The van der Waals surface area contributed by atoms with Crippen LogP contribution in [0.15, 0.2) is 30.9 Å². The lowest BCUT2D eigenvalue weighted by Gasteiger charge is -2.10. The summed E-state index contributed by atoms with van der Waals surface area (Å²) in [7, 11) is 0. The molecular weight excluding hydrogens is 170 g/mol. The van der Waals surface area contributed by atoms with Gasteiger partial charge in [-0.05, 0) is 30.2 Å². The van der Waals surface area contributed by atoms with Crippen LogP contribution in [0.2, 0.25) is 5.02 Å². The van der Waals surface area contributed by atoms with Crippen molar-refractivity contribution in [2.75, 3.05) is 0 Å². The average molecular weight is 182 g/mol. The molecule has 2 heteroatoms. The fraction of sp³-hybridized carbons (Fsp3) is 0.200. The lowest BCUT2D eigenvalue weighted by atomic mass is 10.0. The van der Waals surface area contributed by atoms with Crippen molar-refractivity contribution in [1.82, 2.24) is 0 Å². The van der Waals surface area contributed by atoms with Crippen LogP contribution in [0, 0.1) is 6.92 Å². The highest BCUT2D eigenvalue weighted by Crippen LogP contribution is 2.20. The normalized spacial score (nSPS) is 12.6. The Morgan fingerprint density at radius 3 is 2.83 bits per heavy atom. The first-order valence-electron chi connectivity index (χ1n) is 3.79. The van der Waals surface area contributed by atoms with Gasteiger partial charge in [0.15, 0.2) is 0 Å². The highest BCUT2D eigenvalue weighted by Gasteiger charge is 2.04. The minimum Gasteiger partial charge on any atom is -0.321 e. The van der Waals surface area contributed by atoms with Crippen LogP contribution >= 0.6 is 11.6 Å². The van der Waals surface area contributed by atoms with Gasteiger partial charge in [-0.3, -0.25) is 0 Å². The van der Waals surface area contributed by atoms with Gasteiger partial charge in [0.25, 0.3) is 0 Å². The van der Waals surface area contributed by atoms with Crippen LogP contribution in [0.25, 0.3) is 0 Å². The third kappa shape index (κ3) is 1.87. The van der Waals surface area contributed by atoms with Crippen molar-refractivity contribution in [3.63, 3.8) is 0 Å². The van der Waals surface area contributed by atoms with Crippen molar-refractivity contribution in [2.24, 2.45) is 5.73 Å². The third-order valence-corrected chi connectivity index (χ3v) is 2.09. The molecule has 64 valence electrons. The van der Waals surface area contributed by atoms with Gasteiger partial charge in [-0.1, -0.05) is 23.7 Å². The molecule has 12 heavy (non-hydrogen) atoms. The van der Waals surface area contributed by atoms with Crippen molar-refractivity contribution in [1.29, 1.82) is 0 Å². The minimum atomic E-state index is -0.122. The van der Waals surface area contributed by atoms with E-state index in [9.17, 15) is 0 Å². The smallest absolute Gasteiger partial charge is 0.0481 e. The Kier molecular flexibility index (Phi) is 2.90. The quantitative estimate of drug-likeness (QED) is 0.698. The van der Waals surface area contributed by atoms with E-state index in [0.717, 1.165) is 11.1 Å². The molecular formula is C10H12ClN. The van der Waals surface area contributed by atoms with Crippen molar-refractivity contribution in [3.8, 4) is 0 Å². The van der Waals surface area contributed by atoms with E-state index in [-0.39, 0.29) is 6.04 Å². The summed E-state index contributed by atoms with van der Waals surface area (Å²) in [5.41, 5.74) is 7.97. The molecule has 0 heterocycles. The van der Waals surface area contributed by atoms with E-state index in [1.165, 1.54) is 0 Å². The van der Waals surface area contributed by atoms with Gasteiger partial charge in [-0.2, -0.15) is 0 Å². The van der Waals surface area contributed by atoms with Crippen LogP contribution in [0.4, 0.5) is 0 Å². The molecule has 0 aromatic heterocycles. The van der Waals surface area contributed by atoms with Gasteiger partial charge >= 0.3 is 0 Å². The number of rotatable bonds is 2. The molecule has 0 bridgehead atoms. The number of halogens is 1. The molecule has 1 atom stereocenters. The number of nitrogens with two attached hydrogens (primary N) is 1. The predicted octanol–water partition coefficient (Wildman–Crippen LogP) is 2.83. The van der Waals surface area contributed by atoms with Gasteiger partial charge < -0.3 is 5.73 Å². The summed E-state index contributed by atoms with van der Waals surface area (Å²) in [4.78, 5) is 0. The zero-order valence-electron chi connectivity index (χ0n) is 7.05. The van der Waals surface area contributed by atoms with Crippen LogP contribution in [-0.4, -0.2) is 0 Å². The van der Waals surface area contributed by atoms with Crippen LogP contribution in [0.3, 0.4) is 0 Å². The van der Waals surface area contributed by atoms with Gasteiger partial charge in [0.1, 0.15) is 0 Å². The maximum absolute atomic E-state index is 5.83. The molecule has 0 aliphatic heterocycles. The molecule has 1 nitrogen and oxygen atoms in total. The molecule has 0 amide bonds. The second-order valence-corrected chi connectivity index (χ2v) is 3.20. The summed E-state index contributed by atoms with van der Waals surface area (Å²) >= 11 is 5.83. The fourth-order valence-electron chi connectivity index (χ4n) is 1.10. The Balaban J connectivity index is 3.12. The minimum absolute atomic E-state index is 0.122. The van der Waals surface area contributed by atoms with E-state index in [0.29, 0.717) is 5.02 Å². The van der Waals surface area contributed by atoms with E-state index < -0.39 is 0 Å². The van der Waals surface area contributed by atoms with E-state index in [1.807, 2.05) is 25.1 Å². The van der Waals surface area contributed by atoms with Crippen LogP contribution < -0.4 is 5.73 Å². The largest absolute Gasteiger partial charge is 0.321 e. The van der Waals surface area contributed by atoms with Gasteiger partial charge in [-0.15, -0.1) is 6.58 Å². The van der Waals surface area contributed by atoms with Crippen LogP contribution in [0.5, 0.6) is 0 Å². The Hall–Kier alpha value is -0.790. The lowest BCUT2D eigenvalue weighted by Crippen LogP contribution is -2.07. The summed E-state index contributed by atoms with van der Waals surface area (Å²) in [5.74, 6) is 0. The van der Waals surface area contributed by atoms with Crippen molar-refractivity contribution in [3.05, 3.63) is 47.0 Å². The summed E-state index contributed by atoms with van der Waals surface area (Å²) in [5, 5.41) is 0.716. The molecule has 0 aliphatic rings. The standard InChI is InChI=1S/C10H12ClN/c1-3-10(12)9-6-8(11)5-4-7(9)2/h3-6,10H,1,12H2,2H3. The van der Waals surface area contributed by atoms with E-state index in [4.69, 9.17) is 17.3 Å². The molecule has 0 aliphatic carbocycles. The summed E-state index contributed by atoms with van der Waals surface area (Å²) < 4.78 is 0. The van der Waals surface area contributed by atoms with Gasteiger partial charge in [-0.25, -0.2) is 0 Å². The molecule has 1 unspecified atom stereocenters. The highest BCUT2D eigenvalue weighted by atomic mass is 35.5. The number of aryl methyl sites for hydroxylation is 1. The van der Waals surface area contributed by atoms with Crippen LogP contribution in [0.1, 0.15) is 17.2 Å².